The smallest absolute Gasteiger partial charge is 0.351 e. The number of carbonyl (C=O) groups is 2. The van der Waals surface area contributed by atoms with Gasteiger partial charge >= 0.3 is 11.9 Å². The first kappa shape index (κ1) is 15.6. The predicted octanol–water partition coefficient (Wildman–Crippen LogP) is -0.0126. The molecule has 0 aliphatic carbocycles. The molecule has 1 unspecified atom stereocenters. The zero-order valence-corrected chi connectivity index (χ0v) is 8.47. The van der Waals surface area contributed by atoms with E-state index >= 15 is 0 Å². The fourth-order valence-corrected chi connectivity index (χ4v) is 0.266. The minimum absolute atomic E-state index is 0.324. The van der Waals surface area contributed by atoms with Crippen molar-refractivity contribution < 1.29 is 24.5 Å². The lowest BCUT2D eigenvalue weighted by Gasteiger charge is -2.05. The minimum Gasteiger partial charge on any atom is -0.477 e. The Labute approximate surface area is 87.7 Å². The molecule has 0 saturated heterocycles. The lowest BCUT2D eigenvalue weighted by molar-refractivity contribution is -0.161. The molecular weight excluding hydrogens is 202 g/mol. The SMILES string of the molecule is C=C(N)C(=O)O.C=CC(=O)OC(O)CC. The van der Waals surface area contributed by atoms with E-state index in [2.05, 4.69) is 23.6 Å². The second-order valence-electron chi connectivity index (χ2n) is 2.33. The largest absolute Gasteiger partial charge is 0.477 e. The van der Waals surface area contributed by atoms with Crippen LogP contribution in [0.5, 0.6) is 0 Å². The van der Waals surface area contributed by atoms with Gasteiger partial charge in [-0.3, -0.25) is 0 Å². The van der Waals surface area contributed by atoms with Crippen LogP contribution in [0.4, 0.5) is 0 Å². The molecule has 15 heavy (non-hydrogen) atoms. The summed E-state index contributed by atoms with van der Waals surface area (Å²) in [5.41, 5.74) is 4.32. The van der Waals surface area contributed by atoms with E-state index in [9.17, 15) is 9.59 Å². The van der Waals surface area contributed by atoms with E-state index in [-0.39, 0.29) is 5.70 Å². The number of carboxylic acid groups (broad SMARTS) is 1. The molecule has 0 spiro atoms. The molecule has 0 aliphatic heterocycles. The van der Waals surface area contributed by atoms with Crippen molar-refractivity contribution in [1.29, 1.82) is 0 Å². The Bertz CT molecular complexity index is 237. The number of aliphatic hydroxyl groups excluding tert-OH is 1. The van der Waals surface area contributed by atoms with Crippen LogP contribution in [0.15, 0.2) is 24.9 Å². The first-order valence-corrected chi connectivity index (χ1v) is 4.03. The molecule has 6 nitrogen and oxygen atoms in total. The highest BCUT2D eigenvalue weighted by molar-refractivity contribution is 5.84. The number of hydrogen-bond acceptors (Lipinski definition) is 5. The molecule has 0 heterocycles. The zero-order chi connectivity index (χ0) is 12.4. The van der Waals surface area contributed by atoms with E-state index in [0.29, 0.717) is 6.42 Å². The standard InChI is InChI=1S/C6H10O3.C3H5NO2/c1-3-5(7)9-6(8)4-2;1-2(4)3(5)6/h3,6,8H,1,4H2,2H3;1,4H2,(H,5,6). The summed E-state index contributed by atoms with van der Waals surface area (Å²) >= 11 is 0. The molecular formula is C9H15NO5. The average molecular weight is 217 g/mol. The first-order chi connectivity index (χ1) is 6.84. The molecule has 0 radical (unpaired) electrons. The number of hydrogen-bond donors (Lipinski definition) is 3. The van der Waals surface area contributed by atoms with Crippen molar-refractivity contribution in [2.45, 2.75) is 19.6 Å². The van der Waals surface area contributed by atoms with Crippen LogP contribution in [0.2, 0.25) is 0 Å². The molecule has 0 fully saturated rings. The van der Waals surface area contributed by atoms with Gasteiger partial charge in [0.25, 0.3) is 0 Å². The van der Waals surface area contributed by atoms with Crippen molar-refractivity contribution >= 4 is 11.9 Å². The molecule has 0 aromatic carbocycles. The first-order valence-electron chi connectivity index (χ1n) is 4.03. The van der Waals surface area contributed by atoms with Crippen LogP contribution < -0.4 is 5.73 Å². The normalized spacial score (nSPS) is 10.3. The van der Waals surface area contributed by atoms with Crippen molar-refractivity contribution in [3.05, 3.63) is 24.9 Å². The summed E-state index contributed by atoms with van der Waals surface area (Å²) in [6.45, 7) is 7.80. The highest BCUT2D eigenvalue weighted by atomic mass is 16.6. The van der Waals surface area contributed by atoms with Gasteiger partial charge in [0.05, 0.1) is 0 Å². The van der Waals surface area contributed by atoms with Crippen molar-refractivity contribution in [2.75, 3.05) is 0 Å². The van der Waals surface area contributed by atoms with Gasteiger partial charge in [-0.15, -0.1) is 0 Å². The lowest BCUT2D eigenvalue weighted by atomic mass is 10.5. The molecule has 0 rings (SSSR count). The second-order valence-corrected chi connectivity index (χ2v) is 2.33. The number of aliphatic carboxylic acids is 1. The molecule has 6 heteroatoms. The van der Waals surface area contributed by atoms with Gasteiger partial charge < -0.3 is 20.7 Å². The number of aliphatic hydroxyl groups is 1. The maximum Gasteiger partial charge on any atom is 0.351 e. The Balaban J connectivity index is 0. The fraction of sp³-hybridized carbons (Fsp3) is 0.333. The van der Waals surface area contributed by atoms with Crippen LogP contribution in [-0.4, -0.2) is 28.4 Å². The third-order valence-electron chi connectivity index (χ3n) is 1.04. The summed E-state index contributed by atoms with van der Waals surface area (Å²) in [6.07, 6.45) is 0.425. The third kappa shape index (κ3) is 12.2. The quantitative estimate of drug-likeness (QED) is 0.347. The van der Waals surface area contributed by atoms with Crippen LogP contribution in [0.25, 0.3) is 0 Å². The third-order valence-corrected chi connectivity index (χ3v) is 1.04. The van der Waals surface area contributed by atoms with Gasteiger partial charge in [0, 0.05) is 12.5 Å². The monoisotopic (exact) mass is 217 g/mol. The predicted molar refractivity (Wildman–Crippen MR) is 53.6 cm³/mol. The van der Waals surface area contributed by atoms with Crippen molar-refractivity contribution in [3.63, 3.8) is 0 Å². The van der Waals surface area contributed by atoms with Crippen LogP contribution in [0, 0.1) is 0 Å². The summed E-state index contributed by atoms with van der Waals surface area (Å²) in [6, 6.07) is 0. The minimum atomic E-state index is -1.16. The Morgan fingerprint density at radius 2 is 2.00 bits per heavy atom. The van der Waals surface area contributed by atoms with Crippen molar-refractivity contribution in [3.8, 4) is 0 Å². The molecule has 1 atom stereocenters. The molecule has 4 N–H and O–H groups in total. The molecule has 86 valence electrons. The van der Waals surface area contributed by atoms with Gasteiger partial charge in [-0.05, 0) is 0 Å². The van der Waals surface area contributed by atoms with Crippen LogP contribution >= 0.6 is 0 Å². The maximum absolute atomic E-state index is 10.3. The molecule has 0 aliphatic rings. The van der Waals surface area contributed by atoms with Crippen molar-refractivity contribution in [2.24, 2.45) is 5.73 Å². The van der Waals surface area contributed by atoms with E-state index in [0.717, 1.165) is 6.08 Å². The Morgan fingerprint density at radius 1 is 1.60 bits per heavy atom. The van der Waals surface area contributed by atoms with E-state index in [1.165, 1.54) is 0 Å². The van der Waals surface area contributed by atoms with Gasteiger partial charge in [-0.25, -0.2) is 9.59 Å². The molecule has 0 aromatic heterocycles. The number of carbonyl (C=O) groups excluding carboxylic acids is 1. The zero-order valence-electron chi connectivity index (χ0n) is 8.47. The van der Waals surface area contributed by atoms with E-state index in [1.54, 1.807) is 6.92 Å². The van der Waals surface area contributed by atoms with Gasteiger partial charge in [0.1, 0.15) is 5.70 Å². The maximum atomic E-state index is 10.3. The van der Waals surface area contributed by atoms with Gasteiger partial charge in [0.2, 0.25) is 6.29 Å². The number of esters is 1. The summed E-state index contributed by atoms with van der Waals surface area (Å²) in [5.74, 6) is -1.75. The average Bonchev–Trinajstić information content (AvgIpc) is 2.18. The summed E-state index contributed by atoms with van der Waals surface area (Å²) in [7, 11) is 0. The molecule has 0 bridgehead atoms. The van der Waals surface area contributed by atoms with Gasteiger partial charge in [-0.2, -0.15) is 0 Å². The number of ether oxygens (including phenoxy) is 1. The Hall–Kier alpha value is -1.82. The van der Waals surface area contributed by atoms with E-state index in [1.807, 2.05) is 0 Å². The van der Waals surface area contributed by atoms with Crippen LogP contribution in [-0.2, 0) is 14.3 Å². The van der Waals surface area contributed by atoms with E-state index in [4.69, 9.17) is 10.2 Å². The number of carboxylic acids is 1. The Kier molecular flexibility index (Phi) is 9.14. The fourth-order valence-electron chi connectivity index (χ4n) is 0.266. The Morgan fingerprint density at radius 3 is 2.20 bits per heavy atom. The topological polar surface area (TPSA) is 110 Å². The van der Waals surface area contributed by atoms with Gasteiger partial charge in [-0.1, -0.05) is 20.1 Å². The van der Waals surface area contributed by atoms with E-state index < -0.39 is 18.2 Å². The highest BCUT2D eigenvalue weighted by Crippen LogP contribution is 1.92. The molecule has 0 saturated carbocycles. The lowest BCUT2D eigenvalue weighted by Crippen LogP contribution is -2.14. The summed E-state index contributed by atoms with van der Waals surface area (Å²) in [4.78, 5) is 19.8. The van der Waals surface area contributed by atoms with Crippen LogP contribution in [0.3, 0.4) is 0 Å². The van der Waals surface area contributed by atoms with Gasteiger partial charge in [0.15, 0.2) is 0 Å². The molecule has 0 amide bonds. The number of rotatable bonds is 4. The second kappa shape index (κ2) is 8.76. The van der Waals surface area contributed by atoms with Crippen LogP contribution in [0.1, 0.15) is 13.3 Å². The number of nitrogens with two attached hydrogens (primary N) is 1. The van der Waals surface area contributed by atoms with Crippen molar-refractivity contribution in [1.82, 2.24) is 0 Å². The highest BCUT2D eigenvalue weighted by Gasteiger charge is 2.02. The summed E-state index contributed by atoms with van der Waals surface area (Å²) < 4.78 is 4.35. The molecule has 0 aromatic rings. The summed E-state index contributed by atoms with van der Waals surface area (Å²) in [5, 5.41) is 16.4.